The molecule has 1 aromatic carbocycles. The molecule has 122 valence electrons. The first-order valence-corrected chi connectivity index (χ1v) is 8.14. The van der Waals surface area contributed by atoms with Crippen LogP contribution in [0.25, 0.3) is 10.9 Å². The van der Waals surface area contributed by atoms with E-state index in [4.69, 9.17) is 4.74 Å². The number of rotatable bonds is 6. The fourth-order valence-corrected chi connectivity index (χ4v) is 2.89. The molecule has 0 N–H and O–H groups in total. The Balaban J connectivity index is 1.52. The van der Waals surface area contributed by atoms with Crippen LogP contribution in [0.2, 0.25) is 0 Å². The number of piperazine rings is 1. The maximum absolute atomic E-state index is 11.1. The molecular formula is C18H23N3O2. The van der Waals surface area contributed by atoms with Crippen molar-refractivity contribution >= 4 is 17.2 Å². The Morgan fingerprint density at radius 3 is 2.83 bits per heavy atom. The molecule has 2 heterocycles. The van der Waals surface area contributed by atoms with Crippen LogP contribution in [0.5, 0.6) is 5.75 Å². The van der Waals surface area contributed by atoms with Gasteiger partial charge < -0.3 is 14.5 Å². The highest BCUT2D eigenvalue weighted by molar-refractivity contribution is 5.96. The smallest absolute Gasteiger partial charge is 0.150 e. The number of fused-ring (bicyclic) bond motifs is 1. The summed E-state index contributed by atoms with van der Waals surface area (Å²) in [4.78, 5) is 20.2. The Labute approximate surface area is 136 Å². The topological polar surface area (TPSA) is 45.7 Å². The van der Waals surface area contributed by atoms with E-state index in [1.54, 1.807) is 12.3 Å². The molecule has 1 fully saturated rings. The van der Waals surface area contributed by atoms with Gasteiger partial charge in [0.2, 0.25) is 0 Å². The Bertz CT molecular complexity index is 666. The molecule has 0 spiro atoms. The molecule has 0 radical (unpaired) electrons. The van der Waals surface area contributed by atoms with Crippen LogP contribution < -0.4 is 4.74 Å². The molecule has 1 aliphatic rings. The zero-order valence-corrected chi connectivity index (χ0v) is 13.6. The second-order valence-corrected chi connectivity index (χ2v) is 6.04. The van der Waals surface area contributed by atoms with Gasteiger partial charge in [0.15, 0.2) is 6.29 Å². The summed E-state index contributed by atoms with van der Waals surface area (Å²) in [5, 5.41) is 0.846. The van der Waals surface area contributed by atoms with Gasteiger partial charge in [-0.25, -0.2) is 0 Å². The minimum absolute atomic E-state index is 0.651. The minimum Gasteiger partial charge on any atom is -0.494 e. The number of pyridine rings is 1. The van der Waals surface area contributed by atoms with Crippen LogP contribution in [0.15, 0.2) is 30.5 Å². The fraction of sp³-hybridized carbons (Fsp3) is 0.444. The number of likely N-dealkylation sites (N-methyl/N-ethyl adjacent to an activating group) is 1. The highest BCUT2D eigenvalue weighted by Crippen LogP contribution is 2.21. The van der Waals surface area contributed by atoms with Gasteiger partial charge in [-0.05, 0) is 37.7 Å². The lowest BCUT2D eigenvalue weighted by Crippen LogP contribution is -2.44. The van der Waals surface area contributed by atoms with Crippen molar-refractivity contribution in [2.75, 3.05) is 46.4 Å². The van der Waals surface area contributed by atoms with Gasteiger partial charge >= 0.3 is 0 Å². The summed E-state index contributed by atoms with van der Waals surface area (Å²) in [5.74, 6) is 0.798. The van der Waals surface area contributed by atoms with Gasteiger partial charge in [-0.1, -0.05) is 0 Å². The first-order valence-electron chi connectivity index (χ1n) is 8.14. The van der Waals surface area contributed by atoms with Crippen molar-refractivity contribution in [1.82, 2.24) is 14.8 Å². The van der Waals surface area contributed by atoms with E-state index in [1.807, 2.05) is 18.2 Å². The van der Waals surface area contributed by atoms with Gasteiger partial charge in [0.25, 0.3) is 0 Å². The van der Waals surface area contributed by atoms with E-state index in [0.29, 0.717) is 12.2 Å². The van der Waals surface area contributed by atoms with E-state index >= 15 is 0 Å². The zero-order chi connectivity index (χ0) is 16.1. The first kappa shape index (κ1) is 15.9. The summed E-state index contributed by atoms with van der Waals surface area (Å²) < 4.78 is 5.84. The Morgan fingerprint density at radius 1 is 1.22 bits per heavy atom. The average Bonchev–Trinajstić information content (AvgIpc) is 2.59. The molecule has 0 atom stereocenters. The highest BCUT2D eigenvalue weighted by atomic mass is 16.5. The molecule has 0 bridgehead atoms. The first-order chi connectivity index (χ1) is 11.3. The third kappa shape index (κ3) is 4.06. The molecule has 0 aliphatic carbocycles. The van der Waals surface area contributed by atoms with Crippen molar-refractivity contribution in [3.63, 3.8) is 0 Å². The number of hydrogen-bond donors (Lipinski definition) is 0. The lowest BCUT2D eigenvalue weighted by molar-refractivity contribution is 0.112. The van der Waals surface area contributed by atoms with Crippen molar-refractivity contribution < 1.29 is 9.53 Å². The second kappa shape index (κ2) is 7.53. The van der Waals surface area contributed by atoms with Gasteiger partial charge in [0.05, 0.1) is 12.1 Å². The van der Waals surface area contributed by atoms with E-state index in [-0.39, 0.29) is 0 Å². The fourth-order valence-electron chi connectivity index (χ4n) is 2.89. The average molecular weight is 313 g/mol. The van der Waals surface area contributed by atoms with Crippen LogP contribution in [0.1, 0.15) is 16.8 Å². The maximum Gasteiger partial charge on any atom is 0.150 e. The zero-order valence-electron chi connectivity index (χ0n) is 13.6. The Hall–Kier alpha value is -1.98. The quantitative estimate of drug-likeness (QED) is 0.603. The van der Waals surface area contributed by atoms with Crippen LogP contribution >= 0.6 is 0 Å². The van der Waals surface area contributed by atoms with E-state index < -0.39 is 0 Å². The third-order valence-electron chi connectivity index (χ3n) is 4.36. The Morgan fingerprint density at radius 2 is 2.04 bits per heavy atom. The predicted octanol–water partition coefficient (Wildman–Crippen LogP) is 2.06. The third-order valence-corrected chi connectivity index (χ3v) is 4.36. The van der Waals surface area contributed by atoms with E-state index in [1.165, 1.54) is 0 Å². The van der Waals surface area contributed by atoms with Gasteiger partial charge in [-0.3, -0.25) is 9.78 Å². The van der Waals surface area contributed by atoms with Gasteiger partial charge in [0, 0.05) is 49.9 Å². The highest BCUT2D eigenvalue weighted by Gasteiger charge is 2.12. The summed E-state index contributed by atoms with van der Waals surface area (Å²) in [5.41, 5.74) is 1.47. The van der Waals surface area contributed by atoms with Gasteiger partial charge in [0.1, 0.15) is 5.75 Å². The van der Waals surface area contributed by atoms with Gasteiger partial charge in [-0.15, -0.1) is 0 Å². The molecule has 1 saturated heterocycles. The van der Waals surface area contributed by atoms with E-state index in [2.05, 4.69) is 21.8 Å². The number of carbonyl (C=O) groups excluding carboxylic acids is 1. The summed E-state index contributed by atoms with van der Waals surface area (Å²) in [7, 11) is 2.17. The number of nitrogens with zero attached hydrogens (tertiary/aromatic N) is 3. The van der Waals surface area contributed by atoms with Crippen LogP contribution in [0.3, 0.4) is 0 Å². The molecule has 0 amide bonds. The van der Waals surface area contributed by atoms with Gasteiger partial charge in [-0.2, -0.15) is 0 Å². The second-order valence-electron chi connectivity index (χ2n) is 6.04. The number of ether oxygens (including phenoxy) is 1. The lowest BCUT2D eigenvalue weighted by atomic mass is 10.1. The molecular weight excluding hydrogens is 290 g/mol. The summed E-state index contributed by atoms with van der Waals surface area (Å²) in [6.45, 7) is 6.33. The van der Waals surface area contributed by atoms with Crippen LogP contribution in [0.4, 0.5) is 0 Å². The van der Waals surface area contributed by atoms with Crippen molar-refractivity contribution in [1.29, 1.82) is 0 Å². The summed E-state index contributed by atoms with van der Waals surface area (Å²) in [6, 6.07) is 7.45. The molecule has 1 aromatic heterocycles. The number of aromatic nitrogens is 1. The number of benzene rings is 1. The minimum atomic E-state index is 0.651. The monoisotopic (exact) mass is 313 g/mol. The molecule has 0 unspecified atom stereocenters. The molecule has 23 heavy (non-hydrogen) atoms. The van der Waals surface area contributed by atoms with Crippen LogP contribution in [-0.4, -0.2) is 67.4 Å². The summed E-state index contributed by atoms with van der Waals surface area (Å²) >= 11 is 0. The largest absolute Gasteiger partial charge is 0.494 e. The van der Waals surface area contributed by atoms with Crippen molar-refractivity contribution in [3.8, 4) is 5.75 Å². The molecule has 2 aromatic rings. The maximum atomic E-state index is 11.1. The molecule has 1 aliphatic heterocycles. The van der Waals surface area contributed by atoms with Crippen LogP contribution in [-0.2, 0) is 0 Å². The number of aldehydes is 1. The Kier molecular flexibility index (Phi) is 5.20. The molecule has 5 heteroatoms. The van der Waals surface area contributed by atoms with E-state index in [9.17, 15) is 4.79 Å². The predicted molar refractivity (Wildman–Crippen MR) is 91.2 cm³/mol. The standard InChI is InChI=1S/C18H23N3O2/c1-20-8-10-21(11-9-20)7-2-12-23-16-3-4-18-17(13-16)15(14-22)5-6-19-18/h3-6,13-14H,2,7-12H2,1H3. The van der Waals surface area contributed by atoms with Crippen molar-refractivity contribution in [2.24, 2.45) is 0 Å². The molecule has 0 saturated carbocycles. The van der Waals surface area contributed by atoms with Crippen molar-refractivity contribution in [2.45, 2.75) is 6.42 Å². The van der Waals surface area contributed by atoms with Crippen molar-refractivity contribution in [3.05, 3.63) is 36.0 Å². The molecule has 5 nitrogen and oxygen atoms in total. The lowest BCUT2D eigenvalue weighted by Gasteiger charge is -2.32. The normalized spacial score (nSPS) is 16.6. The SMILES string of the molecule is CN1CCN(CCCOc2ccc3nccc(C=O)c3c2)CC1. The van der Waals surface area contributed by atoms with Crippen LogP contribution in [0, 0.1) is 0 Å². The number of carbonyl (C=O) groups is 1. The summed E-state index contributed by atoms with van der Waals surface area (Å²) in [6.07, 6.45) is 3.53. The molecule has 3 rings (SSSR count). The van der Waals surface area contributed by atoms with E-state index in [0.717, 1.165) is 62.1 Å². The number of hydrogen-bond acceptors (Lipinski definition) is 5.